The van der Waals surface area contributed by atoms with Gasteiger partial charge in [0.15, 0.2) is 0 Å². The fraction of sp³-hybridized carbons (Fsp3) is 0.118. The van der Waals surface area contributed by atoms with Gasteiger partial charge in [0.2, 0.25) is 0 Å². The summed E-state index contributed by atoms with van der Waals surface area (Å²) in [5.74, 6) is 0. The van der Waals surface area contributed by atoms with Crippen LogP contribution >= 0.6 is 32.9 Å². The molecule has 2 aromatic carbocycles. The van der Waals surface area contributed by atoms with Crippen LogP contribution in [0, 0.1) is 10.7 Å². The molecule has 0 saturated carbocycles. The summed E-state index contributed by atoms with van der Waals surface area (Å²) in [5.41, 5.74) is 4.38. The van der Waals surface area contributed by atoms with Gasteiger partial charge in [0.1, 0.15) is 3.82 Å². The third-order valence-electron chi connectivity index (χ3n) is 3.60. The quantitative estimate of drug-likeness (QED) is 0.289. The van der Waals surface area contributed by atoms with E-state index in [-0.39, 0.29) is 34.5 Å². The maximum absolute atomic E-state index is 11.1. The average molecular weight is 419 g/mol. The summed E-state index contributed by atoms with van der Waals surface area (Å²) in [7, 11) is -0.917. The van der Waals surface area contributed by atoms with Crippen LogP contribution in [-0.4, -0.2) is 42.5 Å². The van der Waals surface area contributed by atoms with Gasteiger partial charge in [0, 0.05) is 12.0 Å². The van der Waals surface area contributed by atoms with E-state index in [1.807, 2.05) is 6.07 Å². The van der Waals surface area contributed by atoms with Gasteiger partial charge >= 0.3 is 29.6 Å². The van der Waals surface area contributed by atoms with Gasteiger partial charge in [-0.1, -0.05) is 74.9 Å². The first-order valence-corrected chi connectivity index (χ1v) is 11.1. The molecule has 0 spiro atoms. The number of benzene rings is 2. The van der Waals surface area contributed by atoms with Crippen molar-refractivity contribution in [2.45, 2.75) is 18.2 Å². The monoisotopic (exact) mass is 418 g/mol. The first-order chi connectivity index (χ1) is 11.3. The van der Waals surface area contributed by atoms with Gasteiger partial charge in [-0.15, -0.1) is 0 Å². The van der Waals surface area contributed by atoms with Crippen molar-refractivity contribution in [2.24, 2.45) is 0 Å². The van der Waals surface area contributed by atoms with Gasteiger partial charge in [-0.05, 0) is 30.2 Å². The minimum absolute atomic E-state index is 0. The molecule has 0 fully saturated rings. The molecule has 0 atom stereocenters. The summed E-state index contributed by atoms with van der Waals surface area (Å²) < 4.78 is 32.2. The molecule has 0 aliphatic heterocycles. The van der Waals surface area contributed by atoms with E-state index in [9.17, 15) is 8.42 Å². The van der Waals surface area contributed by atoms with Crippen molar-refractivity contribution in [1.29, 1.82) is 0 Å². The molecule has 1 N–H and O–H groups in total. The van der Waals surface area contributed by atoms with Crippen LogP contribution in [0.2, 0.25) is 0 Å². The summed E-state index contributed by atoms with van der Waals surface area (Å²) in [6, 6.07) is 14.5. The Bertz CT molecular complexity index is 1030. The molecular weight excluding hydrogens is 403 g/mol. The number of hydrogen-bond acceptors (Lipinski definition) is 5. The Balaban J connectivity index is 0.00000225. The van der Waals surface area contributed by atoms with E-state index in [1.165, 1.54) is 17.7 Å². The molecule has 0 bridgehead atoms. The topological polar surface area (TPSA) is 54.4 Å². The van der Waals surface area contributed by atoms with Crippen molar-refractivity contribution in [3.63, 3.8) is 0 Å². The van der Waals surface area contributed by atoms with Crippen LogP contribution in [0.4, 0.5) is 0 Å². The molecule has 3 aromatic rings. The van der Waals surface area contributed by atoms with E-state index in [1.54, 1.807) is 32.8 Å². The molecule has 0 aliphatic carbocycles. The van der Waals surface area contributed by atoms with Gasteiger partial charge in [-0.2, -0.15) is 8.42 Å². The normalized spacial score (nSPS) is 11.1. The number of aryl methyl sites for hydroxylation is 1. The van der Waals surface area contributed by atoms with Gasteiger partial charge in [-0.25, -0.2) is 0 Å². The van der Waals surface area contributed by atoms with Gasteiger partial charge in [0.25, 0.3) is 10.1 Å². The Labute approximate surface area is 181 Å². The molecule has 1 heterocycles. The zero-order valence-electron chi connectivity index (χ0n) is 12.7. The summed E-state index contributed by atoms with van der Waals surface area (Å²) in [6.45, 7) is 2.06. The van der Waals surface area contributed by atoms with Gasteiger partial charge < -0.3 is 0 Å². The maximum atomic E-state index is 11.1. The van der Waals surface area contributed by atoms with Crippen LogP contribution in [0.15, 0.2) is 53.4 Å². The van der Waals surface area contributed by atoms with Crippen molar-refractivity contribution in [3.05, 3.63) is 69.0 Å². The molecule has 1 aromatic heterocycles. The molecule has 25 heavy (non-hydrogen) atoms. The first-order valence-electron chi connectivity index (χ1n) is 7.10. The number of rotatable bonds is 4. The number of hydrogen-bond donors (Lipinski definition) is 1. The summed E-state index contributed by atoms with van der Waals surface area (Å²) >= 11 is 5.48. The van der Waals surface area contributed by atoms with Crippen LogP contribution < -0.4 is 0 Å². The predicted octanol–water partition coefficient (Wildman–Crippen LogP) is 4.70. The molecule has 8 heteroatoms. The standard InChI is InChI=1S/C17H14O3S4.Na.H/c1-11-3-2-4-13(9-11)16-15(17(21)23-22-16)10-12-5-7-14(8-6-12)24(18,19)20;;/h2-9H,10H2,1H3,(H,18,19,20);;. The Morgan fingerprint density at radius 2 is 1.76 bits per heavy atom. The van der Waals surface area contributed by atoms with E-state index in [0.29, 0.717) is 6.42 Å². The van der Waals surface area contributed by atoms with Gasteiger partial charge in [0.05, 0.1) is 9.77 Å². The average Bonchev–Trinajstić information content (AvgIpc) is 2.88. The van der Waals surface area contributed by atoms with Gasteiger partial charge in [-0.3, -0.25) is 4.55 Å². The van der Waals surface area contributed by atoms with Crippen LogP contribution in [0.5, 0.6) is 0 Å². The summed E-state index contributed by atoms with van der Waals surface area (Å²) in [5, 5.41) is 0. The summed E-state index contributed by atoms with van der Waals surface area (Å²) in [6.07, 6.45) is 0.633. The van der Waals surface area contributed by atoms with Crippen molar-refractivity contribution in [3.8, 4) is 10.4 Å². The van der Waals surface area contributed by atoms with Crippen LogP contribution in [0.25, 0.3) is 10.4 Å². The third kappa shape index (κ3) is 5.08. The van der Waals surface area contributed by atoms with E-state index >= 15 is 0 Å². The molecular formula is C17H15NaO3S4. The van der Waals surface area contributed by atoms with Crippen molar-refractivity contribution < 1.29 is 13.0 Å². The second kappa shape index (κ2) is 8.54. The van der Waals surface area contributed by atoms with Crippen LogP contribution in [-0.2, 0) is 16.5 Å². The molecule has 0 unspecified atom stereocenters. The molecule has 3 rings (SSSR count). The van der Waals surface area contributed by atoms with Crippen molar-refractivity contribution in [1.82, 2.24) is 0 Å². The van der Waals surface area contributed by atoms with E-state index in [2.05, 4.69) is 25.1 Å². The minimum atomic E-state index is -4.16. The van der Waals surface area contributed by atoms with E-state index < -0.39 is 10.1 Å². The van der Waals surface area contributed by atoms with Crippen LogP contribution in [0.3, 0.4) is 0 Å². The Morgan fingerprint density at radius 1 is 1.08 bits per heavy atom. The fourth-order valence-electron chi connectivity index (χ4n) is 2.42. The molecule has 0 radical (unpaired) electrons. The van der Waals surface area contributed by atoms with Crippen molar-refractivity contribution in [2.75, 3.05) is 0 Å². The van der Waals surface area contributed by atoms with Crippen molar-refractivity contribution >= 4 is 72.6 Å². The summed E-state index contributed by atoms with van der Waals surface area (Å²) in [4.78, 5) is 1.06. The molecule has 0 aliphatic rings. The zero-order chi connectivity index (χ0) is 17.3. The second-order valence-corrected chi connectivity index (χ2v) is 9.67. The first kappa shape index (κ1) is 20.9. The Hall–Kier alpha value is -0.380. The van der Waals surface area contributed by atoms with E-state index in [4.69, 9.17) is 16.8 Å². The Kier molecular flexibility index (Phi) is 7.15. The SMILES string of the molecule is Cc1cccc(-c2ssc(=S)c2Cc2ccc(S(=O)(=O)O)cc2)c1.[NaH]. The second-order valence-electron chi connectivity index (χ2n) is 5.43. The Morgan fingerprint density at radius 3 is 2.36 bits per heavy atom. The van der Waals surface area contributed by atoms with Crippen LogP contribution in [0.1, 0.15) is 16.7 Å². The predicted molar refractivity (Wildman–Crippen MR) is 109 cm³/mol. The molecule has 0 saturated heterocycles. The third-order valence-corrected chi connectivity index (χ3v) is 7.66. The molecule has 3 nitrogen and oxygen atoms in total. The molecule has 126 valence electrons. The van der Waals surface area contributed by atoms with E-state index in [0.717, 1.165) is 25.4 Å². The zero-order valence-corrected chi connectivity index (χ0v) is 16.0. The fourth-order valence-corrected chi connectivity index (χ4v) is 5.81. The molecule has 0 amide bonds.